The van der Waals surface area contributed by atoms with E-state index >= 15 is 0 Å². The molecule has 2 aromatic heterocycles. The Hall–Kier alpha value is -1.27. The number of ether oxygens (including phenoxy) is 1. The molecule has 0 atom stereocenters. The van der Waals surface area contributed by atoms with Crippen LogP contribution in [0.1, 0.15) is 28.3 Å². The molecular weight excluding hydrogens is 268 g/mol. The highest BCUT2D eigenvalue weighted by molar-refractivity contribution is 7.09. The topological polar surface area (TPSA) is 52.1 Å². The third-order valence-electron chi connectivity index (χ3n) is 2.27. The fourth-order valence-electron chi connectivity index (χ4n) is 1.42. The van der Waals surface area contributed by atoms with Crippen LogP contribution in [0.2, 0.25) is 0 Å². The molecule has 18 heavy (non-hydrogen) atoms. The number of carbonyl (C=O) groups excluding carboxylic acids is 1. The first-order chi connectivity index (χ1) is 8.67. The first-order valence-electron chi connectivity index (χ1n) is 5.67. The number of hydrogen-bond acceptors (Lipinski definition) is 6. The minimum atomic E-state index is -0.258. The molecule has 0 aliphatic heterocycles. The van der Waals surface area contributed by atoms with Gasteiger partial charge in [-0.05, 0) is 13.3 Å². The molecule has 0 spiro atoms. The molecule has 0 fully saturated rings. The number of hydrogen-bond donors (Lipinski definition) is 0. The lowest BCUT2D eigenvalue weighted by atomic mass is 10.3. The molecule has 0 bridgehead atoms. The van der Waals surface area contributed by atoms with E-state index in [1.54, 1.807) is 11.3 Å². The highest BCUT2D eigenvalue weighted by Gasteiger charge is 2.09. The lowest BCUT2D eigenvalue weighted by Crippen LogP contribution is -2.08. The molecule has 0 N–H and O–H groups in total. The third kappa shape index (κ3) is 3.61. The molecule has 0 saturated heterocycles. The van der Waals surface area contributed by atoms with Gasteiger partial charge in [-0.15, -0.1) is 22.7 Å². The molecule has 0 radical (unpaired) electrons. The maximum atomic E-state index is 11.6. The molecule has 6 heteroatoms. The van der Waals surface area contributed by atoms with E-state index in [4.69, 9.17) is 4.74 Å². The number of rotatable bonds is 5. The number of nitrogens with zero attached hydrogens (tertiary/aromatic N) is 2. The number of aromatic nitrogens is 2. The van der Waals surface area contributed by atoms with Crippen LogP contribution in [0.25, 0.3) is 0 Å². The van der Waals surface area contributed by atoms with Crippen molar-refractivity contribution in [3.63, 3.8) is 0 Å². The molecular formula is C12H14N2O2S2. The Kier molecular flexibility index (Phi) is 4.43. The SMILES string of the molecule is CCc1nc(COC(=O)Cc2csc(C)n2)cs1. The zero-order chi connectivity index (χ0) is 13.0. The Labute approximate surface area is 114 Å². The van der Waals surface area contributed by atoms with Gasteiger partial charge in [-0.25, -0.2) is 9.97 Å². The van der Waals surface area contributed by atoms with E-state index in [0.717, 1.165) is 27.8 Å². The zero-order valence-electron chi connectivity index (χ0n) is 10.3. The van der Waals surface area contributed by atoms with Gasteiger partial charge in [0.25, 0.3) is 0 Å². The van der Waals surface area contributed by atoms with Crippen molar-refractivity contribution in [2.24, 2.45) is 0 Å². The van der Waals surface area contributed by atoms with Crippen LogP contribution >= 0.6 is 22.7 Å². The predicted octanol–water partition coefficient (Wildman–Crippen LogP) is 2.76. The van der Waals surface area contributed by atoms with Gasteiger partial charge in [-0.1, -0.05) is 6.92 Å². The smallest absolute Gasteiger partial charge is 0.312 e. The van der Waals surface area contributed by atoms with E-state index in [9.17, 15) is 4.79 Å². The summed E-state index contributed by atoms with van der Waals surface area (Å²) in [5, 5.41) is 5.84. The van der Waals surface area contributed by atoms with Gasteiger partial charge in [-0.2, -0.15) is 0 Å². The summed E-state index contributed by atoms with van der Waals surface area (Å²) in [5.74, 6) is -0.258. The Balaban J connectivity index is 1.81. The first kappa shape index (κ1) is 13.2. The Morgan fingerprint density at radius 2 is 2.06 bits per heavy atom. The van der Waals surface area contributed by atoms with Gasteiger partial charge in [0.1, 0.15) is 6.61 Å². The predicted molar refractivity (Wildman–Crippen MR) is 71.8 cm³/mol. The number of esters is 1. The van der Waals surface area contributed by atoms with Crippen molar-refractivity contribution >= 4 is 28.6 Å². The minimum absolute atomic E-state index is 0.231. The van der Waals surface area contributed by atoms with Crippen molar-refractivity contribution < 1.29 is 9.53 Å². The van der Waals surface area contributed by atoms with Crippen LogP contribution in [-0.2, 0) is 29.0 Å². The van der Waals surface area contributed by atoms with Crippen LogP contribution in [-0.4, -0.2) is 15.9 Å². The molecule has 2 rings (SSSR count). The normalized spacial score (nSPS) is 10.6. The van der Waals surface area contributed by atoms with Crippen molar-refractivity contribution in [1.82, 2.24) is 9.97 Å². The van der Waals surface area contributed by atoms with Gasteiger partial charge in [-0.3, -0.25) is 4.79 Å². The summed E-state index contributed by atoms with van der Waals surface area (Å²) in [6.45, 7) is 4.22. The quantitative estimate of drug-likeness (QED) is 0.791. The highest BCUT2D eigenvalue weighted by atomic mass is 32.1. The first-order valence-corrected chi connectivity index (χ1v) is 7.43. The molecule has 0 unspecified atom stereocenters. The summed E-state index contributed by atoms with van der Waals surface area (Å²) in [5.41, 5.74) is 1.59. The maximum absolute atomic E-state index is 11.6. The van der Waals surface area contributed by atoms with E-state index in [2.05, 4.69) is 16.9 Å². The molecule has 0 aromatic carbocycles. The molecule has 0 amide bonds. The summed E-state index contributed by atoms with van der Waals surface area (Å²) in [7, 11) is 0. The fourth-order valence-corrected chi connectivity index (χ4v) is 2.76. The van der Waals surface area contributed by atoms with Crippen molar-refractivity contribution in [3.05, 3.63) is 32.2 Å². The van der Waals surface area contributed by atoms with Crippen LogP contribution in [0.5, 0.6) is 0 Å². The monoisotopic (exact) mass is 282 g/mol. The number of thiazole rings is 2. The summed E-state index contributed by atoms with van der Waals surface area (Å²) in [4.78, 5) is 20.2. The van der Waals surface area contributed by atoms with Gasteiger partial charge in [0.15, 0.2) is 0 Å². The zero-order valence-corrected chi connectivity index (χ0v) is 11.9. The molecule has 4 nitrogen and oxygen atoms in total. The van der Waals surface area contributed by atoms with Crippen molar-refractivity contribution in [1.29, 1.82) is 0 Å². The van der Waals surface area contributed by atoms with Crippen molar-refractivity contribution in [2.75, 3.05) is 0 Å². The molecule has 0 aliphatic carbocycles. The van der Waals surface area contributed by atoms with Crippen molar-refractivity contribution in [3.8, 4) is 0 Å². The lowest BCUT2D eigenvalue weighted by Gasteiger charge is -2.00. The van der Waals surface area contributed by atoms with Crippen LogP contribution in [0.3, 0.4) is 0 Å². The average Bonchev–Trinajstić information content (AvgIpc) is 2.95. The second-order valence-corrected chi connectivity index (χ2v) is 5.79. The highest BCUT2D eigenvalue weighted by Crippen LogP contribution is 2.12. The van der Waals surface area contributed by atoms with Crippen LogP contribution in [0.4, 0.5) is 0 Å². The average molecular weight is 282 g/mol. The van der Waals surface area contributed by atoms with Gasteiger partial charge in [0.2, 0.25) is 0 Å². The molecule has 0 saturated carbocycles. The fraction of sp³-hybridized carbons (Fsp3) is 0.417. The van der Waals surface area contributed by atoms with Gasteiger partial charge < -0.3 is 4.74 Å². The van der Waals surface area contributed by atoms with Crippen molar-refractivity contribution in [2.45, 2.75) is 33.3 Å². The van der Waals surface area contributed by atoms with E-state index in [0.29, 0.717) is 0 Å². The van der Waals surface area contributed by atoms with E-state index in [1.165, 1.54) is 11.3 Å². The number of aryl methyl sites for hydroxylation is 2. The molecule has 96 valence electrons. The van der Waals surface area contributed by atoms with E-state index in [1.807, 2.05) is 17.7 Å². The third-order valence-corrected chi connectivity index (χ3v) is 4.14. The maximum Gasteiger partial charge on any atom is 0.312 e. The Bertz CT molecular complexity index is 534. The number of carbonyl (C=O) groups is 1. The molecule has 2 aromatic rings. The summed E-state index contributed by atoms with van der Waals surface area (Å²) in [6, 6.07) is 0. The summed E-state index contributed by atoms with van der Waals surface area (Å²) >= 11 is 3.13. The summed E-state index contributed by atoms with van der Waals surface area (Å²) < 4.78 is 5.17. The van der Waals surface area contributed by atoms with Gasteiger partial charge in [0.05, 0.1) is 27.8 Å². The van der Waals surface area contributed by atoms with E-state index in [-0.39, 0.29) is 19.0 Å². The standard InChI is InChI=1S/C12H14N2O2S2/c1-3-11-14-10(7-18-11)5-16-12(15)4-9-6-17-8(2)13-9/h6-7H,3-5H2,1-2H3. The van der Waals surface area contributed by atoms with Crippen LogP contribution in [0, 0.1) is 6.92 Å². The molecule has 0 aliphatic rings. The van der Waals surface area contributed by atoms with Crippen LogP contribution < -0.4 is 0 Å². The van der Waals surface area contributed by atoms with Gasteiger partial charge >= 0.3 is 5.97 Å². The second-order valence-electron chi connectivity index (χ2n) is 3.78. The summed E-state index contributed by atoms with van der Waals surface area (Å²) in [6.07, 6.45) is 1.14. The largest absolute Gasteiger partial charge is 0.459 e. The Morgan fingerprint density at radius 3 is 2.67 bits per heavy atom. The second kappa shape index (κ2) is 6.06. The Morgan fingerprint density at radius 1 is 1.28 bits per heavy atom. The molecule has 2 heterocycles. The lowest BCUT2D eigenvalue weighted by molar-refractivity contribution is -0.144. The van der Waals surface area contributed by atoms with E-state index < -0.39 is 0 Å². The van der Waals surface area contributed by atoms with Gasteiger partial charge in [0, 0.05) is 10.8 Å². The van der Waals surface area contributed by atoms with Crippen LogP contribution in [0.15, 0.2) is 10.8 Å². The minimum Gasteiger partial charge on any atom is -0.459 e.